The van der Waals surface area contributed by atoms with Crippen molar-refractivity contribution in [2.45, 2.75) is 12.3 Å². The van der Waals surface area contributed by atoms with E-state index in [0.717, 1.165) is 15.6 Å². The van der Waals surface area contributed by atoms with Crippen LogP contribution < -0.4 is 5.32 Å². The summed E-state index contributed by atoms with van der Waals surface area (Å²) in [6, 6.07) is 11.2. The molecule has 0 aliphatic carbocycles. The summed E-state index contributed by atoms with van der Waals surface area (Å²) in [7, 11) is 1.85. The maximum absolute atomic E-state index is 13.4. The van der Waals surface area contributed by atoms with Crippen molar-refractivity contribution in [1.82, 2.24) is 5.32 Å². The molecule has 0 spiro atoms. The molecule has 0 aliphatic heterocycles. The van der Waals surface area contributed by atoms with Crippen LogP contribution in [-0.4, -0.2) is 13.6 Å². The highest BCUT2D eigenvalue weighted by Crippen LogP contribution is 2.26. The van der Waals surface area contributed by atoms with Crippen LogP contribution in [0, 0.1) is 11.6 Å². The number of likely N-dealkylation sites (N-methyl/N-ethyl adjacent to an activating group) is 1. The summed E-state index contributed by atoms with van der Waals surface area (Å²) in [5, 5.41) is 3.11. The summed E-state index contributed by atoms with van der Waals surface area (Å²) < 4.78 is 27.6. The number of halogens is 3. The minimum atomic E-state index is -0.259. The second-order valence-corrected chi connectivity index (χ2v) is 5.60. The predicted octanol–water partition coefficient (Wildman–Crippen LogP) is 4.27. The van der Waals surface area contributed by atoms with Crippen molar-refractivity contribution >= 4 is 15.9 Å². The molecule has 0 fully saturated rings. The van der Waals surface area contributed by atoms with E-state index < -0.39 is 0 Å². The maximum atomic E-state index is 13.4. The molecule has 0 heterocycles. The lowest BCUT2D eigenvalue weighted by Crippen LogP contribution is -2.19. The zero-order valence-electron chi connectivity index (χ0n) is 11.2. The van der Waals surface area contributed by atoms with Gasteiger partial charge in [-0.25, -0.2) is 8.78 Å². The maximum Gasteiger partial charge on any atom is 0.123 e. The van der Waals surface area contributed by atoms with E-state index in [1.54, 1.807) is 12.1 Å². The van der Waals surface area contributed by atoms with Crippen molar-refractivity contribution in [2.75, 3.05) is 13.6 Å². The lowest BCUT2D eigenvalue weighted by molar-refractivity contribution is 0.594. The van der Waals surface area contributed by atoms with Crippen molar-refractivity contribution in [1.29, 1.82) is 0 Å². The molecule has 4 heteroatoms. The summed E-state index contributed by atoms with van der Waals surface area (Å²) in [5.74, 6) is -0.415. The van der Waals surface area contributed by atoms with Gasteiger partial charge in [0.05, 0.1) is 0 Å². The number of nitrogens with one attached hydrogen (secondary N) is 1. The molecule has 0 bridgehead atoms. The fraction of sp³-hybridized carbons (Fsp3) is 0.250. The lowest BCUT2D eigenvalue weighted by Gasteiger charge is -2.18. The average Bonchev–Trinajstić information content (AvgIpc) is 2.42. The highest BCUT2D eigenvalue weighted by atomic mass is 79.9. The molecule has 0 amide bonds. The third-order valence-electron chi connectivity index (χ3n) is 3.24. The monoisotopic (exact) mass is 339 g/mol. The van der Waals surface area contributed by atoms with Gasteiger partial charge in [0, 0.05) is 16.9 Å². The Labute approximate surface area is 126 Å². The van der Waals surface area contributed by atoms with Crippen LogP contribution in [0.2, 0.25) is 0 Å². The molecule has 1 unspecified atom stereocenters. The quantitative estimate of drug-likeness (QED) is 0.857. The molecule has 0 radical (unpaired) electrons. The van der Waals surface area contributed by atoms with Gasteiger partial charge in [-0.15, -0.1) is 0 Å². The van der Waals surface area contributed by atoms with Crippen LogP contribution in [-0.2, 0) is 6.42 Å². The highest BCUT2D eigenvalue weighted by molar-refractivity contribution is 9.10. The first-order chi connectivity index (χ1) is 9.60. The van der Waals surface area contributed by atoms with Crippen molar-refractivity contribution in [3.05, 3.63) is 69.7 Å². The van der Waals surface area contributed by atoms with E-state index in [1.165, 1.54) is 24.3 Å². The minimum absolute atomic E-state index is 0.0915. The van der Waals surface area contributed by atoms with Crippen LogP contribution >= 0.6 is 15.9 Å². The largest absolute Gasteiger partial charge is 0.319 e. The molecule has 2 rings (SSSR count). The molecule has 20 heavy (non-hydrogen) atoms. The SMILES string of the molecule is CNCC(Cc1cc(F)ccc1Br)c1cccc(F)c1. The number of hydrogen-bond acceptors (Lipinski definition) is 1. The standard InChI is InChI=1S/C16H16BrF2N/c1-20-10-13(11-3-2-4-14(18)8-11)7-12-9-15(19)5-6-16(12)17/h2-6,8-9,13,20H,7,10H2,1H3. The van der Waals surface area contributed by atoms with Crippen LogP contribution in [0.15, 0.2) is 46.9 Å². The summed E-state index contributed by atoms with van der Waals surface area (Å²) in [6.45, 7) is 0.701. The molecule has 1 nitrogen and oxygen atoms in total. The van der Waals surface area contributed by atoms with E-state index in [-0.39, 0.29) is 17.6 Å². The van der Waals surface area contributed by atoms with Gasteiger partial charge in [0.25, 0.3) is 0 Å². The normalized spacial score (nSPS) is 12.4. The highest BCUT2D eigenvalue weighted by Gasteiger charge is 2.14. The van der Waals surface area contributed by atoms with Crippen LogP contribution in [0.3, 0.4) is 0 Å². The predicted molar refractivity (Wildman–Crippen MR) is 80.9 cm³/mol. The van der Waals surface area contributed by atoms with Gasteiger partial charge in [0.15, 0.2) is 0 Å². The van der Waals surface area contributed by atoms with Gasteiger partial charge in [0.1, 0.15) is 11.6 Å². The molecule has 1 atom stereocenters. The Morgan fingerprint density at radius 3 is 2.55 bits per heavy atom. The van der Waals surface area contributed by atoms with E-state index in [2.05, 4.69) is 21.2 Å². The molecule has 0 saturated heterocycles. The Morgan fingerprint density at radius 1 is 1.10 bits per heavy atom. The second-order valence-electron chi connectivity index (χ2n) is 4.75. The van der Waals surface area contributed by atoms with Gasteiger partial charge >= 0.3 is 0 Å². The zero-order valence-corrected chi connectivity index (χ0v) is 12.8. The van der Waals surface area contributed by atoms with E-state index in [0.29, 0.717) is 13.0 Å². The van der Waals surface area contributed by atoms with E-state index in [1.807, 2.05) is 13.1 Å². The molecular formula is C16H16BrF2N. The Bertz CT molecular complexity index is 586. The first-order valence-electron chi connectivity index (χ1n) is 6.44. The van der Waals surface area contributed by atoms with Gasteiger partial charge in [-0.3, -0.25) is 0 Å². The second kappa shape index (κ2) is 6.95. The Kier molecular flexibility index (Phi) is 5.26. The fourth-order valence-corrected chi connectivity index (χ4v) is 2.69. The summed E-state index contributed by atoms with van der Waals surface area (Å²) in [4.78, 5) is 0. The van der Waals surface area contributed by atoms with Crippen LogP contribution in [0.25, 0.3) is 0 Å². The fourth-order valence-electron chi connectivity index (χ4n) is 2.28. The van der Waals surface area contributed by atoms with Crippen LogP contribution in [0.4, 0.5) is 8.78 Å². The van der Waals surface area contributed by atoms with Crippen molar-refractivity contribution < 1.29 is 8.78 Å². The van der Waals surface area contributed by atoms with Gasteiger partial charge in [-0.2, -0.15) is 0 Å². The van der Waals surface area contributed by atoms with Crippen LogP contribution in [0.1, 0.15) is 17.0 Å². The Balaban J connectivity index is 2.27. The Hall–Kier alpha value is -1.26. The molecule has 2 aromatic rings. The summed E-state index contributed by atoms with van der Waals surface area (Å²) >= 11 is 3.44. The summed E-state index contributed by atoms with van der Waals surface area (Å²) in [6.07, 6.45) is 0.642. The smallest absolute Gasteiger partial charge is 0.123 e. The number of rotatable bonds is 5. The Morgan fingerprint density at radius 2 is 1.85 bits per heavy atom. The van der Waals surface area contributed by atoms with Gasteiger partial charge in [-0.1, -0.05) is 28.1 Å². The summed E-state index contributed by atoms with van der Waals surface area (Å²) in [5.41, 5.74) is 1.80. The molecular weight excluding hydrogens is 324 g/mol. The van der Waals surface area contributed by atoms with Crippen molar-refractivity contribution in [2.24, 2.45) is 0 Å². The minimum Gasteiger partial charge on any atom is -0.319 e. The average molecular weight is 340 g/mol. The van der Waals surface area contributed by atoms with Crippen molar-refractivity contribution in [3.63, 3.8) is 0 Å². The van der Waals surface area contributed by atoms with Gasteiger partial charge < -0.3 is 5.32 Å². The third kappa shape index (κ3) is 3.87. The van der Waals surface area contributed by atoms with E-state index in [9.17, 15) is 8.78 Å². The lowest BCUT2D eigenvalue weighted by atomic mass is 9.92. The first kappa shape index (κ1) is 15.1. The molecule has 0 aromatic heterocycles. The molecule has 1 N–H and O–H groups in total. The molecule has 106 valence electrons. The zero-order chi connectivity index (χ0) is 14.5. The van der Waals surface area contributed by atoms with Crippen LogP contribution in [0.5, 0.6) is 0 Å². The van der Waals surface area contributed by atoms with E-state index >= 15 is 0 Å². The number of hydrogen-bond donors (Lipinski definition) is 1. The van der Waals surface area contributed by atoms with Gasteiger partial charge in [0.2, 0.25) is 0 Å². The number of benzene rings is 2. The molecule has 0 aliphatic rings. The van der Waals surface area contributed by atoms with Crippen molar-refractivity contribution in [3.8, 4) is 0 Å². The molecule has 2 aromatic carbocycles. The first-order valence-corrected chi connectivity index (χ1v) is 7.23. The van der Waals surface area contributed by atoms with Gasteiger partial charge in [-0.05, 0) is 54.9 Å². The molecule has 0 saturated carbocycles. The topological polar surface area (TPSA) is 12.0 Å². The third-order valence-corrected chi connectivity index (χ3v) is 4.02. The van der Waals surface area contributed by atoms with E-state index in [4.69, 9.17) is 0 Å².